The molecule has 2 aliphatic rings. The van der Waals surface area contributed by atoms with E-state index in [1.807, 2.05) is 0 Å². The summed E-state index contributed by atoms with van der Waals surface area (Å²) in [5, 5.41) is 4.78. The second-order valence-electron chi connectivity index (χ2n) is 16.6. The van der Waals surface area contributed by atoms with Gasteiger partial charge < -0.3 is 0 Å². The van der Waals surface area contributed by atoms with Gasteiger partial charge in [0.15, 0.2) is 0 Å². The SMILES string of the molecule is CC(ON1C(C(C)C)CC(CCCC(C)C2CC(C(C)C)N(OC(C)c3ccccc3)C(C)(C)C2)CC1(C)C)c1ccccc1. The number of nitrogens with zero attached hydrogens (tertiary/aromatic N) is 2. The van der Waals surface area contributed by atoms with Gasteiger partial charge in [-0.1, -0.05) is 115 Å². The fourth-order valence-electron chi connectivity index (χ4n) is 8.49. The lowest BCUT2D eigenvalue weighted by molar-refractivity contribution is -0.294. The zero-order chi connectivity index (χ0) is 32.9. The van der Waals surface area contributed by atoms with Crippen LogP contribution in [0.15, 0.2) is 60.7 Å². The molecule has 0 aliphatic carbocycles. The molecule has 4 nitrogen and oxygen atoms in total. The van der Waals surface area contributed by atoms with E-state index in [9.17, 15) is 0 Å². The first-order valence-corrected chi connectivity index (χ1v) is 18.2. The molecule has 2 saturated heterocycles. The van der Waals surface area contributed by atoms with Gasteiger partial charge in [-0.25, -0.2) is 0 Å². The minimum atomic E-state index is 0.00732. The van der Waals surface area contributed by atoms with Crippen molar-refractivity contribution in [1.29, 1.82) is 0 Å². The van der Waals surface area contributed by atoms with Crippen LogP contribution in [0.1, 0.15) is 144 Å². The summed E-state index contributed by atoms with van der Waals surface area (Å²) in [6.45, 7) is 26.0. The van der Waals surface area contributed by atoms with Gasteiger partial charge in [-0.2, -0.15) is 10.1 Å². The first kappa shape index (κ1) is 36.1. The molecule has 2 fully saturated rings. The van der Waals surface area contributed by atoms with Crippen LogP contribution in [-0.2, 0) is 9.68 Å². The molecule has 2 heterocycles. The molecule has 4 heteroatoms. The highest BCUT2D eigenvalue weighted by molar-refractivity contribution is 5.17. The van der Waals surface area contributed by atoms with Crippen LogP contribution in [0.2, 0.25) is 0 Å². The Morgan fingerprint density at radius 1 is 0.644 bits per heavy atom. The van der Waals surface area contributed by atoms with Gasteiger partial charge in [-0.3, -0.25) is 9.68 Å². The van der Waals surface area contributed by atoms with Gasteiger partial charge in [0.05, 0.1) is 0 Å². The topological polar surface area (TPSA) is 24.9 Å². The summed E-state index contributed by atoms with van der Waals surface area (Å²) in [5.41, 5.74) is 2.52. The molecular weight excluding hydrogens is 552 g/mol. The molecule has 0 bridgehead atoms. The second kappa shape index (κ2) is 15.5. The smallest absolute Gasteiger partial charge is 0.101 e. The van der Waals surface area contributed by atoms with Gasteiger partial charge in [0, 0.05) is 23.2 Å². The maximum Gasteiger partial charge on any atom is 0.101 e. The first-order chi connectivity index (χ1) is 21.2. The van der Waals surface area contributed by atoms with E-state index >= 15 is 0 Å². The Morgan fingerprint density at radius 2 is 1.09 bits per heavy atom. The summed E-state index contributed by atoms with van der Waals surface area (Å²) in [4.78, 5) is 13.5. The number of rotatable bonds is 13. The van der Waals surface area contributed by atoms with Crippen molar-refractivity contribution >= 4 is 0 Å². The van der Waals surface area contributed by atoms with E-state index in [1.165, 1.54) is 56.1 Å². The zero-order valence-electron chi connectivity index (χ0n) is 30.6. The number of hydroxylamine groups is 4. The molecule has 0 saturated carbocycles. The fraction of sp³-hybridized carbons (Fsp3) is 0.707. The number of benzene rings is 2. The third-order valence-corrected chi connectivity index (χ3v) is 11.2. The Kier molecular flexibility index (Phi) is 12.4. The van der Waals surface area contributed by atoms with Crippen LogP contribution < -0.4 is 0 Å². The van der Waals surface area contributed by atoms with E-state index in [4.69, 9.17) is 9.68 Å². The summed E-state index contributed by atoms with van der Waals surface area (Å²) < 4.78 is 0. The van der Waals surface area contributed by atoms with E-state index in [0.717, 1.165) is 17.8 Å². The predicted octanol–water partition coefficient (Wildman–Crippen LogP) is 11.2. The van der Waals surface area contributed by atoms with Crippen LogP contribution in [-0.4, -0.2) is 33.3 Å². The maximum absolute atomic E-state index is 6.78. The maximum atomic E-state index is 6.78. The lowest BCUT2D eigenvalue weighted by Crippen LogP contribution is -2.57. The quantitative estimate of drug-likeness (QED) is 0.223. The van der Waals surface area contributed by atoms with Crippen molar-refractivity contribution in [3.05, 3.63) is 71.8 Å². The molecule has 0 amide bonds. The normalized spacial score (nSPS) is 27.8. The summed E-state index contributed by atoms with van der Waals surface area (Å²) in [6.07, 6.45) is 8.92. The minimum absolute atomic E-state index is 0.00732. The fourth-order valence-corrected chi connectivity index (χ4v) is 8.49. The van der Waals surface area contributed by atoms with Crippen LogP contribution in [0.5, 0.6) is 0 Å². The van der Waals surface area contributed by atoms with E-state index in [-0.39, 0.29) is 23.3 Å². The molecule has 0 radical (unpaired) electrons. The van der Waals surface area contributed by atoms with Crippen molar-refractivity contribution in [3.63, 3.8) is 0 Å². The van der Waals surface area contributed by atoms with Gasteiger partial charge in [-0.15, -0.1) is 0 Å². The van der Waals surface area contributed by atoms with Gasteiger partial charge in [-0.05, 0) is 108 Å². The van der Waals surface area contributed by atoms with Gasteiger partial charge in [0.2, 0.25) is 0 Å². The molecule has 45 heavy (non-hydrogen) atoms. The zero-order valence-corrected chi connectivity index (χ0v) is 30.6. The Balaban J connectivity index is 1.34. The molecule has 252 valence electrons. The average Bonchev–Trinajstić information content (AvgIpc) is 2.99. The molecule has 2 aliphatic heterocycles. The van der Waals surface area contributed by atoms with Crippen molar-refractivity contribution in [2.75, 3.05) is 0 Å². The van der Waals surface area contributed by atoms with Crippen molar-refractivity contribution in [2.24, 2.45) is 29.6 Å². The Morgan fingerprint density at radius 3 is 1.56 bits per heavy atom. The third-order valence-electron chi connectivity index (χ3n) is 11.2. The van der Waals surface area contributed by atoms with Gasteiger partial charge in [0.1, 0.15) is 12.2 Å². The molecule has 0 spiro atoms. The lowest BCUT2D eigenvalue weighted by Gasteiger charge is -2.53. The Labute approximate surface area is 277 Å². The third kappa shape index (κ3) is 9.21. The van der Waals surface area contributed by atoms with Gasteiger partial charge >= 0.3 is 0 Å². The summed E-state index contributed by atoms with van der Waals surface area (Å²) in [6, 6.07) is 22.2. The van der Waals surface area contributed by atoms with Crippen molar-refractivity contribution in [2.45, 2.75) is 156 Å². The molecule has 0 aromatic heterocycles. The number of hydrogen-bond donors (Lipinski definition) is 0. The van der Waals surface area contributed by atoms with E-state index in [2.05, 4.69) is 147 Å². The van der Waals surface area contributed by atoms with E-state index < -0.39 is 0 Å². The van der Waals surface area contributed by atoms with E-state index in [1.54, 1.807) is 0 Å². The number of hydrogen-bond acceptors (Lipinski definition) is 4. The molecule has 2 aromatic carbocycles. The van der Waals surface area contributed by atoms with Crippen molar-refractivity contribution < 1.29 is 9.68 Å². The first-order valence-electron chi connectivity index (χ1n) is 18.2. The average molecular weight is 619 g/mol. The van der Waals surface area contributed by atoms with Crippen molar-refractivity contribution in [1.82, 2.24) is 10.1 Å². The minimum Gasteiger partial charge on any atom is -0.290 e. The summed E-state index contributed by atoms with van der Waals surface area (Å²) >= 11 is 0. The molecule has 7 atom stereocenters. The van der Waals surface area contributed by atoms with Crippen LogP contribution in [0.3, 0.4) is 0 Å². The molecular formula is C41H66N2O2. The van der Waals surface area contributed by atoms with Gasteiger partial charge in [0.25, 0.3) is 0 Å². The Bertz CT molecular complexity index is 1150. The summed E-state index contributed by atoms with van der Waals surface area (Å²) in [7, 11) is 0. The highest BCUT2D eigenvalue weighted by Gasteiger charge is 2.46. The second-order valence-corrected chi connectivity index (χ2v) is 16.6. The highest BCUT2D eigenvalue weighted by atomic mass is 16.7. The largest absolute Gasteiger partial charge is 0.290 e. The predicted molar refractivity (Wildman–Crippen MR) is 189 cm³/mol. The molecule has 0 N–H and O–H groups in total. The molecule has 2 aromatic rings. The van der Waals surface area contributed by atoms with Crippen LogP contribution >= 0.6 is 0 Å². The number of piperidine rings is 2. The summed E-state index contributed by atoms with van der Waals surface area (Å²) in [5.74, 6) is 3.31. The molecule has 4 rings (SSSR count). The highest BCUT2D eigenvalue weighted by Crippen LogP contribution is 2.45. The van der Waals surface area contributed by atoms with Crippen LogP contribution in [0.25, 0.3) is 0 Å². The lowest BCUT2D eigenvalue weighted by atomic mass is 9.71. The Hall–Kier alpha value is -1.72. The standard InChI is InChI=1S/C41H66N2O2/c1-29(2)38-25-34(27-40(8,9)42(38)44-32(6)35-21-14-12-15-22-35)20-18-19-31(5)37-26-39(30(3)4)43(41(10,11)28-37)45-33(7)36-23-16-13-17-24-36/h12-17,21-24,29-34,37-39H,18-20,25-28H2,1-11H3. The molecule has 7 unspecified atom stereocenters. The van der Waals surface area contributed by atoms with Crippen LogP contribution in [0.4, 0.5) is 0 Å². The van der Waals surface area contributed by atoms with E-state index in [0.29, 0.717) is 23.9 Å². The monoisotopic (exact) mass is 619 g/mol. The van der Waals surface area contributed by atoms with Crippen LogP contribution in [0, 0.1) is 29.6 Å². The van der Waals surface area contributed by atoms with Crippen molar-refractivity contribution in [3.8, 4) is 0 Å².